The van der Waals surface area contributed by atoms with Crippen LogP contribution in [0.15, 0.2) is 30.5 Å². The third kappa shape index (κ3) is 3.06. The van der Waals surface area contributed by atoms with Gasteiger partial charge in [0.15, 0.2) is 0 Å². The molecule has 0 radical (unpaired) electrons. The predicted molar refractivity (Wildman–Crippen MR) is 74.0 cm³/mol. The molecule has 1 aromatic carbocycles. The average Bonchev–Trinajstić information content (AvgIpc) is 2.70. The normalized spacial score (nSPS) is 11.6. The van der Waals surface area contributed by atoms with Crippen LogP contribution in [0.25, 0.3) is 10.9 Å². The van der Waals surface area contributed by atoms with Crippen LogP contribution in [0.1, 0.15) is 20.8 Å². The van der Waals surface area contributed by atoms with Gasteiger partial charge in [0.2, 0.25) is 0 Å². The van der Waals surface area contributed by atoms with Crippen molar-refractivity contribution in [1.29, 1.82) is 0 Å². The van der Waals surface area contributed by atoms with Crippen molar-refractivity contribution < 1.29 is 14.6 Å². The summed E-state index contributed by atoms with van der Waals surface area (Å²) in [7, 11) is 0. The van der Waals surface area contributed by atoms with Crippen LogP contribution >= 0.6 is 0 Å². The minimum absolute atomic E-state index is 0.0978. The molecule has 0 saturated heterocycles. The molecule has 1 aromatic heterocycles. The molecule has 0 aliphatic rings. The first-order valence-electron chi connectivity index (χ1n) is 6.09. The summed E-state index contributed by atoms with van der Waals surface area (Å²) in [6, 6.07) is 7.35. The van der Waals surface area contributed by atoms with Gasteiger partial charge in [0.25, 0.3) is 0 Å². The van der Waals surface area contributed by atoms with Crippen LogP contribution in [0.4, 0.5) is 10.5 Å². The van der Waals surface area contributed by atoms with Crippen molar-refractivity contribution in [3.8, 4) is 0 Å². The van der Waals surface area contributed by atoms with Crippen LogP contribution in [0.3, 0.4) is 0 Å². The van der Waals surface area contributed by atoms with Crippen molar-refractivity contribution in [2.45, 2.75) is 33.1 Å². The van der Waals surface area contributed by atoms with Gasteiger partial charge in [-0.15, -0.1) is 0 Å². The van der Waals surface area contributed by atoms with Crippen molar-refractivity contribution in [1.82, 2.24) is 4.57 Å². The van der Waals surface area contributed by atoms with Gasteiger partial charge in [-0.1, -0.05) is 6.07 Å². The fourth-order valence-corrected chi connectivity index (χ4v) is 1.87. The number of aliphatic hydroxyl groups excluding tert-OH is 1. The molecule has 1 heterocycles. The Morgan fingerprint density at radius 2 is 2.11 bits per heavy atom. The summed E-state index contributed by atoms with van der Waals surface area (Å²) in [5.41, 5.74) is 0.990. The molecule has 19 heavy (non-hydrogen) atoms. The van der Waals surface area contributed by atoms with E-state index in [1.54, 1.807) is 16.8 Å². The quantitative estimate of drug-likeness (QED) is 0.874. The molecular formula is C14H18N2O3. The van der Waals surface area contributed by atoms with Crippen LogP contribution < -0.4 is 5.32 Å². The molecule has 0 unspecified atom stereocenters. The summed E-state index contributed by atoms with van der Waals surface area (Å²) in [6.07, 6.45) is 1.28. The van der Waals surface area contributed by atoms with E-state index in [1.165, 1.54) is 0 Å². The summed E-state index contributed by atoms with van der Waals surface area (Å²) >= 11 is 0. The number of hydrogen-bond acceptors (Lipinski definition) is 3. The summed E-state index contributed by atoms with van der Waals surface area (Å²) in [5, 5.41) is 12.8. The number of nitrogens with zero attached hydrogens (tertiary/aromatic N) is 1. The zero-order valence-corrected chi connectivity index (χ0v) is 11.3. The molecule has 5 heteroatoms. The fraction of sp³-hybridized carbons (Fsp3) is 0.357. The Balaban J connectivity index is 2.26. The van der Waals surface area contributed by atoms with Gasteiger partial charge in [0.1, 0.15) is 12.3 Å². The van der Waals surface area contributed by atoms with Crippen molar-refractivity contribution in [2.24, 2.45) is 0 Å². The van der Waals surface area contributed by atoms with Crippen LogP contribution in [0.2, 0.25) is 0 Å². The maximum absolute atomic E-state index is 11.8. The number of amides is 1. The molecule has 0 fully saturated rings. The molecule has 0 aliphatic carbocycles. The fourth-order valence-electron chi connectivity index (χ4n) is 1.87. The second kappa shape index (κ2) is 4.93. The minimum Gasteiger partial charge on any atom is -0.444 e. The van der Waals surface area contributed by atoms with Crippen LogP contribution in [-0.4, -0.2) is 21.4 Å². The maximum atomic E-state index is 11.8. The molecule has 0 saturated carbocycles. The first-order valence-corrected chi connectivity index (χ1v) is 6.09. The van der Waals surface area contributed by atoms with E-state index in [0.29, 0.717) is 5.69 Å². The van der Waals surface area contributed by atoms with Crippen LogP contribution in [0, 0.1) is 0 Å². The van der Waals surface area contributed by atoms with Crippen LogP contribution in [0.5, 0.6) is 0 Å². The van der Waals surface area contributed by atoms with Crippen LogP contribution in [-0.2, 0) is 11.5 Å². The van der Waals surface area contributed by atoms with E-state index in [0.717, 1.165) is 10.9 Å². The molecule has 2 N–H and O–H groups in total. The first kappa shape index (κ1) is 13.4. The number of nitrogens with one attached hydrogen (secondary N) is 1. The lowest BCUT2D eigenvalue weighted by atomic mass is 10.2. The molecule has 0 bridgehead atoms. The van der Waals surface area contributed by atoms with Gasteiger partial charge in [0, 0.05) is 11.6 Å². The number of aromatic nitrogens is 1. The lowest BCUT2D eigenvalue weighted by Crippen LogP contribution is -2.27. The van der Waals surface area contributed by atoms with E-state index in [1.807, 2.05) is 39.0 Å². The largest absolute Gasteiger partial charge is 0.444 e. The standard InChI is InChI=1S/C14H18N2O3/c1-14(2,3)19-13(18)15-11-5-4-6-12-10(11)7-8-16(12)9-17/h4-8,17H,9H2,1-3H3,(H,15,18). The highest BCUT2D eigenvalue weighted by atomic mass is 16.6. The third-order valence-corrected chi connectivity index (χ3v) is 2.60. The lowest BCUT2D eigenvalue weighted by molar-refractivity contribution is 0.0636. The summed E-state index contributed by atoms with van der Waals surface area (Å²) in [5.74, 6) is 0. The number of hydrogen-bond donors (Lipinski definition) is 2. The Bertz CT molecular complexity index is 596. The SMILES string of the molecule is CC(C)(C)OC(=O)Nc1cccc2c1ccn2CO. The number of carbonyl (C=O) groups excluding carboxylic acids is 1. The van der Waals surface area contributed by atoms with Gasteiger partial charge in [-0.2, -0.15) is 0 Å². The number of carbonyl (C=O) groups is 1. The first-order chi connectivity index (χ1) is 8.90. The van der Waals surface area contributed by atoms with E-state index >= 15 is 0 Å². The number of benzene rings is 1. The Morgan fingerprint density at radius 3 is 2.74 bits per heavy atom. The minimum atomic E-state index is -0.533. The van der Waals surface area contributed by atoms with E-state index in [4.69, 9.17) is 4.74 Å². The number of anilines is 1. The highest BCUT2D eigenvalue weighted by Gasteiger charge is 2.17. The summed E-state index contributed by atoms with van der Waals surface area (Å²) in [6.45, 7) is 5.35. The molecular weight excluding hydrogens is 244 g/mol. The molecule has 102 valence electrons. The number of rotatable bonds is 2. The van der Waals surface area contributed by atoms with Gasteiger partial charge < -0.3 is 14.4 Å². The summed E-state index contributed by atoms with van der Waals surface area (Å²) < 4.78 is 6.91. The van der Waals surface area contributed by atoms with Crippen molar-refractivity contribution >= 4 is 22.7 Å². The maximum Gasteiger partial charge on any atom is 0.412 e. The average molecular weight is 262 g/mol. The van der Waals surface area contributed by atoms with Gasteiger partial charge >= 0.3 is 6.09 Å². The van der Waals surface area contributed by atoms with E-state index in [-0.39, 0.29) is 6.73 Å². The Morgan fingerprint density at radius 1 is 1.37 bits per heavy atom. The molecule has 0 atom stereocenters. The number of fused-ring (bicyclic) bond motifs is 1. The predicted octanol–water partition coefficient (Wildman–Crippen LogP) is 2.94. The van der Waals surface area contributed by atoms with E-state index in [2.05, 4.69) is 5.32 Å². The molecule has 2 rings (SSSR count). The van der Waals surface area contributed by atoms with Crippen molar-refractivity contribution in [3.05, 3.63) is 30.5 Å². The Hall–Kier alpha value is -2.01. The van der Waals surface area contributed by atoms with Gasteiger partial charge in [-0.25, -0.2) is 4.79 Å². The van der Waals surface area contributed by atoms with E-state index < -0.39 is 11.7 Å². The van der Waals surface area contributed by atoms with E-state index in [9.17, 15) is 9.90 Å². The topological polar surface area (TPSA) is 63.5 Å². The van der Waals surface area contributed by atoms with Crippen molar-refractivity contribution in [2.75, 3.05) is 5.32 Å². The smallest absolute Gasteiger partial charge is 0.412 e. The molecule has 5 nitrogen and oxygen atoms in total. The Labute approximate surface area is 111 Å². The molecule has 2 aromatic rings. The zero-order valence-electron chi connectivity index (χ0n) is 11.3. The highest BCUT2D eigenvalue weighted by molar-refractivity contribution is 5.99. The monoisotopic (exact) mass is 262 g/mol. The second-order valence-corrected chi connectivity index (χ2v) is 5.29. The Kier molecular flexibility index (Phi) is 3.48. The third-order valence-electron chi connectivity index (χ3n) is 2.60. The van der Waals surface area contributed by atoms with Gasteiger partial charge in [0.05, 0.1) is 11.2 Å². The molecule has 1 amide bonds. The lowest BCUT2D eigenvalue weighted by Gasteiger charge is -2.19. The highest BCUT2D eigenvalue weighted by Crippen LogP contribution is 2.25. The number of aliphatic hydroxyl groups is 1. The second-order valence-electron chi connectivity index (χ2n) is 5.29. The van der Waals surface area contributed by atoms with Gasteiger partial charge in [-0.3, -0.25) is 5.32 Å². The zero-order chi connectivity index (χ0) is 14.0. The number of ether oxygens (including phenoxy) is 1. The molecule has 0 aliphatic heterocycles. The molecule has 0 spiro atoms. The van der Waals surface area contributed by atoms with Crippen molar-refractivity contribution in [3.63, 3.8) is 0 Å². The van der Waals surface area contributed by atoms with Gasteiger partial charge in [-0.05, 0) is 39.0 Å². The summed E-state index contributed by atoms with van der Waals surface area (Å²) in [4.78, 5) is 11.8.